The van der Waals surface area contributed by atoms with E-state index in [0.717, 1.165) is 11.3 Å². The van der Waals surface area contributed by atoms with Crippen LogP contribution in [0, 0.1) is 5.92 Å². The van der Waals surface area contributed by atoms with Crippen LogP contribution in [0.5, 0.6) is 0 Å². The van der Waals surface area contributed by atoms with Crippen molar-refractivity contribution in [1.29, 1.82) is 0 Å². The minimum absolute atomic E-state index is 0.0308. The third-order valence-electron chi connectivity index (χ3n) is 5.64. The fourth-order valence-electron chi connectivity index (χ4n) is 4.21. The minimum Gasteiger partial charge on any atom is -0.351 e. The van der Waals surface area contributed by atoms with E-state index in [1.165, 1.54) is 25.7 Å². The van der Waals surface area contributed by atoms with Crippen LogP contribution in [0.25, 0.3) is 0 Å². The summed E-state index contributed by atoms with van der Waals surface area (Å²) in [7, 11) is 0. The lowest BCUT2D eigenvalue weighted by Crippen LogP contribution is -2.36. The maximum atomic E-state index is 12.5. The van der Waals surface area contributed by atoms with Crippen LogP contribution in [-0.2, 0) is 24.3 Å². The topological polar surface area (TPSA) is 76.0 Å². The Hall–Kier alpha value is -2.63. The molecule has 1 aliphatic heterocycles. The highest BCUT2D eigenvalue weighted by Crippen LogP contribution is 2.27. The molecule has 0 radical (unpaired) electrons. The molecule has 0 bridgehead atoms. The summed E-state index contributed by atoms with van der Waals surface area (Å²) in [4.78, 5) is 24.8. The molecular formula is C21H26N4O2. The molecule has 142 valence electrons. The molecule has 2 heterocycles. The number of hydrogen-bond acceptors (Lipinski definition) is 3. The summed E-state index contributed by atoms with van der Waals surface area (Å²) >= 11 is 0. The number of amides is 2. The summed E-state index contributed by atoms with van der Waals surface area (Å²) in [6.45, 7) is 1.13. The SMILES string of the molecule is O=C(CC1CCCC1)NC1Cc2c(C(=O)NCc3ccccc3)cnn2C1. The van der Waals surface area contributed by atoms with E-state index in [1.807, 2.05) is 35.0 Å². The van der Waals surface area contributed by atoms with E-state index in [0.29, 0.717) is 37.4 Å². The van der Waals surface area contributed by atoms with Gasteiger partial charge in [0.1, 0.15) is 0 Å². The van der Waals surface area contributed by atoms with Gasteiger partial charge in [0.05, 0.1) is 30.0 Å². The third-order valence-corrected chi connectivity index (χ3v) is 5.64. The number of nitrogens with one attached hydrogen (secondary N) is 2. The summed E-state index contributed by atoms with van der Waals surface area (Å²) in [5.74, 6) is 0.563. The number of carbonyl (C=O) groups excluding carboxylic acids is 2. The molecule has 1 aromatic heterocycles. The summed E-state index contributed by atoms with van der Waals surface area (Å²) in [5.41, 5.74) is 2.58. The molecule has 27 heavy (non-hydrogen) atoms. The number of fused-ring (bicyclic) bond motifs is 1. The molecule has 2 aliphatic rings. The van der Waals surface area contributed by atoms with Crippen molar-refractivity contribution in [2.45, 2.75) is 57.7 Å². The van der Waals surface area contributed by atoms with E-state index < -0.39 is 0 Å². The lowest BCUT2D eigenvalue weighted by Gasteiger charge is -2.14. The Bertz CT molecular complexity index is 809. The van der Waals surface area contributed by atoms with Gasteiger partial charge in [-0.3, -0.25) is 14.3 Å². The fraction of sp³-hybridized carbons (Fsp3) is 0.476. The quantitative estimate of drug-likeness (QED) is 0.824. The van der Waals surface area contributed by atoms with E-state index in [1.54, 1.807) is 6.20 Å². The first-order valence-corrected chi connectivity index (χ1v) is 9.85. The van der Waals surface area contributed by atoms with Gasteiger partial charge in [-0.05, 0) is 24.3 Å². The zero-order chi connectivity index (χ0) is 18.6. The van der Waals surface area contributed by atoms with Crippen LogP contribution in [0.2, 0.25) is 0 Å². The standard InChI is InChI=1S/C21H26N4O2/c26-20(10-15-6-4-5-7-15)24-17-11-19-18(13-23-25(19)14-17)21(27)22-12-16-8-2-1-3-9-16/h1-3,8-9,13,15,17H,4-7,10-12,14H2,(H,22,27)(H,24,26). The second kappa shape index (κ2) is 7.94. The van der Waals surface area contributed by atoms with Gasteiger partial charge < -0.3 is 10.6 Å². The lowest BCUT2D eigenvalue weighted by molar-refractivity contribution is -0.122. The first-order valence-electron chi connectivity index (χ1n) is 9.85. The molecule has 2 amide bonds. The third kappa shape index (κ3) is 4.21. The van der Waals surface area contributed by atoms with E-state index >= 15 is 0 Å². The zero-order valence-corrected chi connectivity index (χ0v) is 15.5. The summed E-state index contributed by atoms with van der Waals surface area (Å²) in [6.07, 6.45) is 7.76. The Balaban J connectivity index is 1.31. The molecule has 0 spiro atoms. The molecule has 4 rings (SSSR count). The van der Waals surface area contributed by atoms with Crippen molar-refractivity contribution in [2.24, 2.45) is 5.92 Å². The van der Waals surface area contributed by atoms with Crippen LogP contribution in [0.3, 0.4) is 0 Å². The van der Waals surface area contributed by atoms with Crippen LogP contribution < -0.4 is 10.6 Å². The zero-order valence-electron chi connectivity index (χ0n) is 15.5. The molecule has 1 aliphatic carbocycles. The van der Waals surface area contributed by atoms with Gasteiger partial charge in [-0.15, -0.1) is 0 Å². The lowest BCUT2D eigenvalue weighted by atomic mass is 10.0. The van der Waals surface area contributed by atoms with Gasteiger partial charge in [-0.25, -0.2) is 0 Å². The van der Waals surface area contributed by atoms with Crippen LogP contribution in [0.4, 0.5) is 0 Å². The molecule has 1 fully saturated rings. The average Bonchev–Trinajstić information content (AvgIpc) is 3.38. The molecule has 1 aromatic carbocycles. The average molecular weight is 366 g/mol. The summed E-state index contributed by atoms with van der Waals surface area (Å²) in [6, 6.07) is 9.87. The van der Waals surface area contributed by atoms with Crippen molar-refractivity contribution in [2.75, 3.05) is 0 Å². The van der Waals surface area contributed by atoms with Crippen LogP contribution in [0.15, 0.2) is 36.5 Å². The van der Waals surface area contributed by atoms with Gasteiger partial charge in [0.25, 0.3) is 5.91 Å². The molecular weight excluding hydrogens is 340 g/mol. The van der Waals surface area contributed by atoms with Crippen molar-refractivity contribution >= 4 is 11.8 Å². The molecule has 1 atom stereocenters. The van der Waals surface area contributed by atoms with E-state index in [2.05, 4.69) is 15.7 Å². The molecule has 0 saturated heterocycles. The second-order valence-corrected chi connectivity index (χ2v) is 7.68. The van der Waals surface area contributed by atoms with Gasteiger partial charge in [0.15, 0.2) is 0 Å². The first-order chi connectivity index (χ1) is 13.2. The molecule has 6 nitrogen and oxygen atoms in total. The molecule has 2 N–H and O–H groups in total. The Morgan fingerprint density at radius 1 is 1.15 bits per heavy atom. The second-order valence-electron chi connectivity index (χ2n) is 7.68. The Kier molecular flexibility index (Phi) is 5.23. The number of rotatable bonds is 6. The summed E-state index contributed by atoms with van der Waals surface area (Å²) < 4.78 is 1.85. The monoisotopic (exact) mass is 366 g/mol. The van der Waals surface area contributed by atoms with Crippen molar-refractivity contribution in [3.63, 3.8) is 0 Å². The normalized spacial score (nSPS) is 19.0. The van der Waals surface area contributed by atoms with Crippen molar-refractivity contribution in [1.82, 2.24) is 20.4 Å². The molecule has 1 saturated carbocycles. The largest absolute Gasteiger partial charge is 0.351 e. The maximum absolute atomic E-state index is 12.5. The first kappa shape index (κ1) is 17.8. The molecule has 6 heteroatoms. The predicted octanol–water partition coefficient (Wildman–Crippen LogP) is 2.43. The molecule has 1 unspecified atom stereocenters. The van der Waals surface area contributed by atoms with E-state index in [4.69, 9.17) is 0 Å². The smallest absolute Gasteiger partial charge is 0.255 e. The van der Waals surface area contributed by atoms with Gasteiger partial charge in [0, 0.05) is 19.4 Å². The highest BCUT2D eigenvalue weighted by Gasteiger charge is 2.29. The van der Waals surface area contributed by atoms with Crippen molar-refractivity contribution < 1.29 is 9.59 Å². The Morgan fingerprint density at radius 3 is 2.70 bits per heavy atom. The highest BCUT2D eigenvalue weighted by atomic mass is 16.2. The number of nitrogens with zero attached hydrogens (tertiary/aromatic N) is 2. The maximum Gasteiger partial charge on any atom is 0.255 e. The van der Waals surface area contributed by atoms with Crippen LogP contribution >= 0.6 is 0 Å². The van der Waals surface area contributed by atoms with Crippen LogP contribution in [-0.4, -0.2) is 27.6 Å². The number of benzene rings is 1. The van der Waals surface area contributed by atoms with Gasteiger partial charge in [-0.1, -0.05) is 43.2 Å². The van der Waals surface area contributed by atoms with Gasteiger partial charge in [0.2, 0.25) is 5.91 Å². The van der Waals surface area contributed by atoms with Gasteiger partial charge >= 0.3 is 0 Å². The predicted molar refractivity (Wildman–Crippen MR) is 102 cm³/mol. The Morgan fingerprint density at radius 2 is 1.93 bits per heavy atom. The van der Waals surface area contributed by atoms with E-state index in [-0.39, 0.29) is 17.9 Å². The number of aromatic nitrogens is 2. The van der Waals surface area contributed by atoms with Gasteiger partial charge in [-0.2, -0.15) is 5.10 Å². The fourth-order valence-corrected chi connectivity index (χ4v) is 4.21. The van der Waals surface area contributed by atoms with E-state index in [9.17, 15) is 9.59 Å². The number of carbonyl (C=O) groups is 2. The molecule has 2 aromatic rings. The van der Waals surface area contributed by atoms with Crippen molar-refractivity contribution in [3.05, 3.63) is 53.3 Å². The summed E-state index contributed by atoms with van der Waals surface area (Å²) in [5, 5.41) is 10.4. The van der Waals surface area contributed by atoms with Crippen LogP contribution in [0.1, 0.15) is 53.7 Å². The Labute approximate surface area is 159 Å². The number of hydrogen-bond donors (Lipinski definition) is 2. The minimum atomic E-state index is -0.113. The highest BCUT2D eigenvalue weighted by molar-refractivity contribution is 5.95. The van der Waals surface area contributed by atoms with Crippen molar-refractivity contribution in [3.8, 4) is 0 Å².